The second kappa shape index (κ2) is 2.30. The van der Waals surface area contributed by atoms with Crippen molar-refractivity contribution < 1.29 is 4.79 Å². The quantitative estimate of drug-likeness (QED) is 0.586. The molecule has 1 amide bonds. The maximum absolute atomic E-state index is 10.8. The summed E-state index contributed by atoms with van der Waals surface area (Å²) >= 11 is 0. The number of tetrazole rings is 1. The van der Waals surface area contributed by atoms with Crippen LogP contribution < -0.4 is 5.73 Å². The van der Waals surface area contributed by atoms with Gasteiger partial charge in [-0.3, -0.25) is 4.79 Å². The van der Waals surface area contributed by atoms with Crippen LogP contribution in [0.25, 0.3) is 0 Å². The molecule has 6 nitrogen and oxygen atoms in total. The Morgan fingerprint density at radius 3 is 2.64 bits per heavy atom. The molecular formula is C5H9N5O. The van der Waals surface area contributed by atoms with E-state index in [0.29, 0.717) is 0 Å². The number of primary amides is 1. The Bertz CT molecular complexity index is 252. The van der Waals surface area contributed by atoms with Crippen LogP contribution in [-0.4, -0.2) is 26.1 Å². The molecular weight excluding hydrogens is 146 g/mol. The van der Waals surface area contributed by atoms with Gasteiger partial charge in [-0.2, -0.15) is 0 Å². The maximum Gasteiger partial charge on any atom is 0.244 e. The largest absolute Gasteiger partial charge is 0.368 e. The van der Waals surface area contributed by atoms with Gasteiger partial charge in [0.15, 0.2) is 0 Å². The van der Waals surface area contributed by atoms with E-state index >= 15 is 0 Å². The summed E-state index contributed by atoms with van der Waals surface area (Å²) in [4.78, 5) is 10.8. The summed E-state index contributed by atoms with van der Waals surface area (Å²) in [6.07, 6.45) is 1.35. The Labute approximate surface area is 63.4 Å². The van der Waals surface area contributed by atoms with Crippen LogP contribution in [0.15, 0.2) is 6.33 Å². The van der Waals surface area contributed by atoms with E-state index in [1.807, 2.05) is 0 Å². The highest BCUT2D eigenvalue weighted by molar-refractivity contribution is 5.81. The Balaban J connectivity index is 3.00. The first-order valence-electron chi connectivity index (χ1n) is 3.08. The molecule has 60 valence electrons. The molecule has 11 heavy (non-hydrogen) atoms. The van der Waals surface area contributed by atoms with Crippen LogP contribution in [0.5, 0.6) is 0 Å². The average Bonchev–Trinajstić information content (AvgIpc) is 2.37. The molecule has 0 unspecified atom stereocenters. The lowest BCUT2D eigenvalue weighted by atomic mass is 10.1. The lowest BCUT2D eigenvalue weighted by Gasteiger charge is -2.18. The Hall–Kier alpha value is -1.46. The molecule has 1 aromatic heterocycles. The first-order chi connectivity index (χ1) is 5.05. The van der Waals surface area contributed by atoms with Gasteiger partial charge in [0, 0.05) is 0 Å². The predicted octanol–water partition coefficient (Wildman–Crippen LogP) is -1.11. The van der Waals surface area contributed by atoms with Crippen LogP contribution in [0, 0.1) is 0 Å². The molecule has 6 heteroatoms. The van der Waals surface area contributed by atoms with Gasteiger partial charge in [0.25, 0.3) is 0 Å². The summed E-state index contributed by atoms with van der Waals surface area (Å²) in [7, 11) is 0. The van der Waals surface area contributed by atoms with Crippen molar-refractivity contribution in [1.29, 1.82) is 0 Å². The second-order valence-corrected chi connectivity index (χ2v) is 2.68. The third-order valence-electron chi connectivity index (χ3n) is 1.52. The first-order valence-corrected chi connectivity index (χ1v) is 3.08. The van der Waals surface area contributed by atoms with Gasteiger partial charge >= 0.3 is 0 Å². The molecule has 0 spiro atoms. The Morgan fingerprint density at radius 2 is 2.27 bits per heavy atom. The molecule has 0 saturated carbocycles. The van der Waals surface area contributed by atoms with Crippen molar-refractivity contribution in [3.8, 4) is 0 Å². The van der Waals surface area contributed by atoms with Gasteiger partial charge in [-0.25, -0.2) is 4.68 Å². The van der Waals surface area contributed by atoms with Gasteiger partial charge in [0.2, 0.25) is 5.91 Å². The summed E-state index contributed by atoms with van der Waals surface area (Å²) in [6, 6.07) is 0. The van der Waals surface area contributed by atoms with E-state index in [0.717, 1.165) is 0 Å². The summed E-state index contributed by atoms with van der Waals surface area (Å²) in [5.41, 5.74) is 4.25. The van der Waals surface area contributed by atoms with Gasteiger partial charge in [-0.05, 0) is 24.3 Å². The monoisotopic (exact) mass is 155 g/mol. The number of hydrogen-bond acceptors (Lipinski definition) is 4. The van der Waals surface area contributed by atoms with E-state index in [1.54, 1.807) is 13.8 Å². The second-order valence-electron chi connectivity index (χ2n) is 2.68. The van der Waals surface area contributed by atoms with Crippen molar-refractivity contribution in [2.24, 2.45) is 5.73 Å². The average molecular weight is 155 g/mol. The molecule has 1 rings (SSSR count). The van der Waals surface area contributed by atoms with E-state index < -0.39 is 11.4 Å². The number of aromatic nitrogens is 4. The molecule has 0 aliphatic rings. The predicted molar refractivity (Wildman–Crippen MR) is 36.3 cm³/mol. The fourth-order valence-electron chi connectivity index (χ4n) is 0.530. The molecule has 0 radical (unpaired) electrons. The zero-order valence-electron chi connectivity index (χ0n) is 6.35. The summed E-state index contributed by atoms with van der Waals surface area (Å²) in [5.74, 6) is -0.468. The topological polar surface area (TPSA) is 86.7 Å². The third-order valence-corrected chi connectivity index (χ3v) is 1.52. The van der Waals surface area contributed by atoms with Crippen molar-refractivity contribution in [3.05, 3.63) is 6.33 Å². The summed E-state index contributed by atoms with van der Waals surface area (Å²) in [6.45, 7) is 3.29. The molecule has 2 N–H and O–H groups in total. The van der Waals surface area contributed by atoms with Crippen molar-refractivity contribution in [2.45, 2.75) is 19.4 Å². The van der Waals surface area contributed by atoms with Gasteiger partial charge in [-0.1, -0.05) is 0 Å². The van der Waals surface area contributed by atoms with Crippen LogP contribution in [-0.2, 0) is 10.3 Å². The fraction of sp³-hybridized carbons (Fsp3) is 0.600. The maximum atomic E-state index is 10.8. The highest BCUT2D eigenvalue weighted by Crippen LogP contribution is 2.09. The van der Waals surface area contributed by atoms with Gasteiger partial charge in [0.05, 0.1) is 0 Å². The number of hydrogen-bond donors (Lipinski definition) is 1. The van der Waals surface area contributed by atoms with E-state index in [1.165, 1.54) is 11.0 Å². The molecule has 1 aromatic rings. The van der Waals surface area contributed by atoms with E-state index in [4.69, 9.17) is 5.73 Å². The lowest BCUT2D eigenvalue weighted by molar-refractivity contribution is -0.125. The third kappa shape index (κ3) is 1.19. The summed E-state index contributed by atoms with van der Waals surface area (Å²) in [5, 5.41) is 10.4. The standard InChI is InChI=1S/C5H9N5O/c1-5(2,4(6)11)10-3-7-8-9-10/h3H,1-2H3,(H2,6,11). The van der Waals surface area contributed by atoms with Crippen molar-refractivity contribution in [1.82, 2.24) is 20.2 Å². The van der Waals surface area contributed by atoms with Gasteiger partial charge in [-0.15, -0.1) is 5.10 Å². The molecule has 0 aliphatic heterocycles. The molecule has 0 bridgehead atoms. The number of nitrogens with two attached hydrogens (primary N) is 1. The van der Waals surface area contributed by atoms with Gasteiger partial charge in [0.1, 0.15) is 11.9 Å². The van der Waals surface area contributed by atoms with E-state index in [-0.39, 0.29) is 0 Å². The normalized spacial score (nSPS) is 11.5. The van der Waals surface area contributed by atoms with Crippen LogP contribution in [0.1, 0.15) is 13.8 Å². The lowest BCUT2D eigenvalue weighted by Crippen LogP contribution is -2.41. The Kier molecular flexibility index (Phi) is 1.60. The van der Waals surface area contributed by atoms with E-state index in [9.17, 15) is 4.79 Å². The molecule has 0 aliphatic carbocycles. The molecule has 0 atom stereocenters. The van der Waals surface area contributed by atoms with Crippen molar-refractivity contribution >= 4 is 5.91 Å². The number of rotatable bonds is 2. The van der Waals surface area contributed by atoms with Crippen LogP contribution >= 0.6 is 0 Å². The van der Waals surface area contributed by atoms with Crippen molar-refractivity contribution in [2.75, 3.05) is 0 Å². The Morgan fingerprint density at radius 1 is 1.64 bits per heavy atom. The zero-order valence-corrected chi connectivity index (χ0v) is 6.35. The minimum Gasteiger partial charge on any atom is -0.368 e. The summed E-state index contributed by atoms with van der Waals surface area (Å²) < 4.78 is 1.31. The SMILES string of the molecule is CC(C)(C(N)=O)n1cnnn1. The van der Waals surface area contributed by atoms with Crippen molar-refractivity contribution in [3.63, 3.8) is 0 Å². The number of amides is 1. The van der Waals surface area contributed by atoms with Crippen LogP contribution in [0.4, 0.5) is 0 Å². The highest BCUT2D eigenvalue weighted by atomic mass is 16.1. The fourth-order valence-corrected chi connectivity index (χ4v) is 0.530. The zero-order chi connectivity index (χ0) is 8.48. The molecule has 0 aromatic carbocycles. The first kappa shape index (κ1) is 7.64. The van der Waals surface area contributed by atoms with Crippen LogP contribution in [0.2, 0.25) is 0 Å². The molecule has 1 heterocycles. The minimum absolute atomic E-state index is 0.468. The molecule has 0 saturated heterocycles. The minimum atomic E-state index is -0.858. The number of carbonyl (C=O) groups is 1. The smallest absolute Gasteiger partial charge is 0.244 e. The number of nitrogens with zero attached hydrogens (tertiary/aromatic N) is 4. The van der Waals surface area contributed by atoms with Crippen LogP contribution in [0.3, 0.4) is 0 Å². The highest BCUT2D eigenvalue weighted by Gasteiger charge is 2.28. The number of carbonyl (C=O) groups excluding carboxylic acids is 1. The molecule has 0 fully saturated rings. The van der Waals surface area contributed by atoms with E-state index in [2.05, 4.69) is 15.5 Å². The van der Waals surface area contributed by atoms with Gasteiger partial charge < -0.3 is 5.73 Å².